The van der Waals surface area contributed by atoms with Crippen molar-refractivity contribution in [3.05, 3.63) is 70.3 Å². The van der Waals surface area contributed by atoms with Gasteiger partial charge in [0.15, 0.2) is 11.5 Å². The second-order valence-corrected chi connectivity index (χ2v) is 8.28. The number of imidazole rings is 1. The van der Waals surface area contributed by atoms with Gasteiger partial charge in [-0.15, -0.1) is 5.10 Å². The summed E-state index contributed by atoms with van der Waals surface area (Å²) in [5.41, 5.74) is 6.93. The Morgan fingerprint density at radius 2 is 1.88 bits per heavy atom. The standard InChI is InChI=1S/C23H23ClN8/c1-4-5-19-26-20-14(2)10-11-25-23(20)31(19)13-16-6-8-17(9-7-16)32-18(12-15(3)21(32)24)22-27-29-30-28-22/h6-12H,4-5,13H2,1-3H3,(H,27,28,29,30). The van der Waals surface area contributed by atoms with Crippen molar-refractivity contribution < 1.29 is 0 Å². The van der Waals surface area contributed by atoms with Gasteiger partial charge in [0.25, 0.3) is 0 Å². The molecule has 8 nitrogen and oxygen atoms in total. The molecule has 9 heteroatoms. The van der Waals surface area contributed by atoms with Gasteiger partial charge in [-0.1, -0.05) is 30.7 Å². The number of nitrogens with zero attached hydrogens (tertiary/aromatic N) is 7. The summed E-state index contributed by atoms with van der Waals surface area (Å²) in [6, 6.07) is 12.3. The number of aromatic nitrogens is 8. The Labute approximate surface area is 190 Å². The Morgan fingerprint density at radius 3 is 2.59 bits per heavy atom. The number of hydrogen-bond donors (Lipinski definition) is 1. The molecule has 0 bridgehead atoms. The Kier molecular flexibility index (Phi) is 5.22. The fraction of sp³-hybridized carbons (Fsp3) is 0.261. The summed E-state index contributed by atoms with van der Waals surface area (Å²) < 4.78 is 4.17. The van der Waals surface area contributed by atoms with Crippen LogP contribution in [0.5, 0.6) is 0 Å². The molecule has 5 aromatic rings. The molecule has 162 valence electrons. The SMILES string of the molecule is CCCc1nc2c(C)ccnc2n1Cc1ccc(-n2c(-c3nnn[nH]3)cc(C)c2Cl)cc1. The minimum Gasteiger partial charge on any atom is -0.308 e. The molecule has 0 atom stereocenters. The highest BCUT2D eigenvalue weighted by atomic mass is 35.5. The van der Waals surface area contributed by atoms with Crippen LogP contribution in [-0.2, 0) is 13.0 Å². The zero-order chi connectivity index (χ0) is 22.2. The fourth-order valence-corrected chi connectivity index (χ4v) is 4.25. The summed E-state index contributed by atoms with van der Waals surface area (Å²) in [5.74, 6) is 1.64. The third-order valence-corrected chi connectivity index (χ3v) is 6.09. The van der Waals surface area contributed by atoms with Crippen molar-refractivity contribution in [2.24, 2.45) is 0 Å². The van der Waals surface area contributed by atoms with Crippen LogP contribution < -0.4 is 0 Å². The van der Waals surface area contributed by atoms with Gasteiger partial charge in [-0.05, 0) is 71.7 Å². The second-order valence-electron chi connectivity index (χ2n) is 7.92. The van der Waals surface area contributed by atoms with Gasteiger partial charge in [0.05, 0.1) is 12.2 Å². The van der Waals surface area contributed by atoms with Crippen molar-refractivity contribution in [1.29, 1.82) is 0 Å². The van der Waals surface area contributed by atoms with Gasteiger partial charge in [-0.3, -0.25) is 4.57 Å². The summed E-state index contributed by atoms with van der Waals surface area (Å²) in [5, 5.41) is 14.9. The maximum atomic E-state index is 6.62. The lowest BCUT2D eigenvalue weighted by Crippen LogP contribution is -2.06. The molecule has 0 aliphatic carbocycles. The van der Waals surface area contributed by atoms with Gasteiger partial charge in [0.2, 0.25) is 0 Å². The Morgan fingerprint density at radius 1 is 1.06 bits per heavy atom. The molecule has 5 rings (SSSR count). The largest absolute Gasteiger partial charge is 0.308 e. The number of pyridine rings is 1. The van der Waals surface area contributed by atoms with Crippen LogP contribution in [0.1, 0.15) is 35.9 Å². The average Bonchev–Trinajstić information content (AvgIpc) is 3.50. The first-order valence-electron chi connectivity index (χ1n) is 10.6. The lowest BCUT2D eigenvalue weighted by Gasteiger charge is -2.12. The zero-order valence-electron chi connectivity index (χ0n) is 18.2. The van der Waals surface area contributed by atoms with E-state index in [1.54, 1.807) is 0 Å². The molecule has 0 aliphatic heterocycles. The molecule has 0 spiro atoms. The molecule has 1 aromatic carbocycles. The van der Waals surface area contributed by atoms with Crippen LogP contribution in [0.2, 0.25) is 5.15 Å². The minimum atomic E-state index is 0.569. The van der Waals surface area contributed by atoms with Crippen molar-refractivity contribution >= 4 is 22.8 Å². The van der Waals surface area contributed by atoms with Crippen molar-refractivity contribution in [2.45, 2.75) is 40.2 Å². The molecule has 0 saturated heterocycles. The Hall–Kier alpha value is -3.52. The molecule has 0 saturated carbocycles. The third-order valence-electron chi connectivity index (χ3n) is 5.63. The van der Waals surface area contributed by atoms with Crippen LogP contribution in [0.15, 0.2) is 42.6 Å². The molecule has 32 heavy (non-hydrogen) atoms. The van der Waals surface area contributed by atoms with E-state index in [1.807, 2.05) is 29.8 Å². The first-order chi connectivity index (χ1) is 15.6. The highest BCUT2D eigenvalue weighted by molar-refractivity contribution is 6.31. The fourth-order valence-electron chi connectivity index (χ4n) is 4.00. The first-order valence-corrected chi connectivity index (χ1v) is 11.0. The normalized spacial score (nSPS) is 11.5. The van der Waals surface area contributed by atoms with Crippen molar-refractivity contribution in [2.75, 3.05) is 0 Å². The number of fused-ring (bicyclic) bond motifs is 1. The van der Waals surface area contributed by atoms with E-state index in [2.05, 4.69) is 68.3 Å². The van der Waals surface area contributed by atoms with Crippen LogP contribution >= 0.6 is 11.6 Å². The topological polar surface area (TPSA) is 90.1 Å². The second kappa shape index (κ2) is 8.20. The van der Waals surface area contributed by atoms with Crippen LogP contribution in [0.4, 0.5) is 0 Å². The zero-order valence-corrected chi connectivity index (χ0v) is 18.9. The maximum Gasteiger partial charge on any atom is 0.196 e. The number of nitrogens with one attached hydrogen (secondary N) is 1. The van der Waals surface area contributed by atoms with E-state index in [4.69, 9.17) is 16.6 Å². The van der Waals surface area contributed by atoms with E-state index >= 15 is 0 Å². The summed E-state index contributed by atoms with van der Waals surface area (Å²) >= 11 is 6.62. The van der Waals surface area contributed by atoms with E-state index in [0.717, 1.165) is 57.9 Å². The van der Waals surface area contributed by atoms with E-state index in [1.165, 1.54) is 0 Å². The number of aryl methyl sites for hydroxylation is 3. The van der Waals surface area contributed by atoms with Gasteiger partial charge in [0.1, 0.15) is 16.5 Å². The van der Waals surface area contributed by atoms with Crippen molar-refractivity contribution in [1.82, 2.24) is 39.7 Å². The highest BCUT2D eigenvalue weighted by Gasteiger charge is 2.17. The van der Waals surface area contributed by atoms with Gasteiger partial charge in [0, 0.05) is 18.3 Å². The lowest BCUT2D eigenvalue weighted by molar-refractivity contribution is 0.716. The first kappa shape index (κ1) is 20.4. The number of benzene rings is 1. The molecule has 0 amide bonds. The van der Waals surface area contributed by atoms with Crippen LogP contribution in [-0.4, -0.2) is 39.7 Å². The number of H-pyrrole nitrogens is 1. The predicted octanol–water partition coefficient (Wildman–Crippen LogP) is 4.67. The number of rotatable bonds is 6. The third kappa shape index (κ3) is 3.46. The van der Waals surface area contributed by atoms with Crippen LogP contribution in [0, 0.1) is 13.8 Å². The summed E-state index contributed by atoms with van der Waals surface area (Å²) in [4.78, 5) is 9.49. The van der Waals surface area contributed by atoms with Crippen molar-refractivity contribution in [3.63, 3.8) is 0 Å². The molecule has 4 heterocycles. The maximum absolute atomic E-state index is 6.62. The number of hydrogen-bond acceptors (Lipinski definition) is 5. The molecule has 0 radical (unpaired) electrons. The smallest absolute Gasteiger partial charge is 0.196 e. The average molecular weight is 447 g/mol. The molecule has 0 fully saturated rings. The Bertz CT molecular complexity index is 1380. The predicted molar refractivity (Wildman–Crippen MR) is 124 cm³/mol. The van der Waals surface area contributed by atoms with Gasteiger partial charge >= 0.3 is 0 Å². The summed E-state index contributed by atoms with van der Waals surface area (Å²) in [6.07, 6.45) is 3.80. The Balaban J connectivity index is 1.52. The number of tetrazole rings is 1. The number of aromatic amines is 1. The van der Waals surface area contributed by atoms with Gasteiger partial charge < -0.3 is 4.57 Å². The molecule has 0 aliphatic rings. The lowest BCUT2D eigenvalue weighted by atomic mass is 10.2. The van der Waals surface area contributed by atoms with Crippen molar-refractivity contribution in [3.8, 4) is 17.2 Å². The van der Waals surface area contributed by atoms with E-state index in [0.29, 0.717) is 17.5 Å². The molecule has 0 unspecified atom stereocenters. The molecule has 4 aromatic heterocycles. The summed E-state index contributed by atoms with van der Waals surface area (Å²) in [7, 11) is 0. The molecular formula is C23H23ClN8. The van der Waals surface area contributed by atoms with Crippen LogP contribution in [0.25, 0.3) is 28.4 Å². The van der Waals surface area contributed by atoms with Gasteiger partial charge in [-0.25, -0.2) is 15.1 Å². The summed E-state index contributed by atoms with van der Waals surface area (Å²) in [6.45, 7) is 6.92. The highest BCUT2D eigenvalue weighted by Crippen LogP contribution is 2.30. The van der Waals surface area contributed by atoms with Crippen LogP contribution in [0.3, 0.4) is 0 Å². The minimum absolute atomic E-state index is 0.569. The molecular weight excluding hydrogens is 424 g/mol. The van der Waals surface area contributed by atoms with E-state index in [9.17, 15) is 0 Å². The van der Waals surface area contributed by atoms with Gasteiger partial charge in [-0.2, -0.15) is 0 Å². The monoisotopic (exact) mass is 446 g/mol. The number of halogens is 1. The molecule has 1 N–H and O–H groups in total. The van der Waals surface area contributed by atoms with E-state index in [-0.39, 0.29) is 0 Å². The van der Waals surface area contributed by atoms with E-state index < -0.39 is 0 Å². The quantitative estimate of drug-likeness (QED) is 0.409.